The van der Waals surface area contributed by atoms with Gasteiger partial charge in [0.15, 0.2) is 5.78 Å². The largest absolute Gasteiger partial charge is 0.389 e. The van der Waals surface area contributed by atoms with E-state index in [1.54, 1.807) is 24.3 Å². The number of amides is 1. The number of Topliss-reactive ketones (excluding diaryl/α,β-unsaturated/α-hetero) is 1. The molecule has 2 aromatic rings. The number of allylic oxidation sites excluding steroid dienone is 1. The smallest absolute Gasteiger partial charge is 0.255 e. The van der Waals surface area contributed by atoms with Crippen LogP contribution in [0.4, 0.5) is 17.1 Å². The van der Waals surface area contributed by atoms with E-state index in [4.69, 9.17) is 0 Å². The van der Waals surface area contributed by atoms with Gasteiger partial charge in [0.05, 0.1) is 12.6 Å². The molecule has 0 bridgehead atoms. The molecule has 0 saturated carbocycles. The number of anilines is 3. The summed E-state index contributed by atoms with van der Waals surface area (Å²) in [6, 6.07) is 13.0. The third kappa shape index (κ3) is 5.36. The Kier molecular flexibility index (Phi) is 6.69. The van der Waals surface area contributed by atoms with E-state index in [0.29, 0.717) is 23.2 Å². The van der Waals surface area contributed by atoms with E-state index < -0.39 is 6.10 Å². The molecule has 1 aliphatic carbocycles. The van der Waals surface area contributed by atoms with Crippen LogP contribution in [0.3, 0.4) is 0 Å². The van der Waals surface area contributed by atoms with Crippen LogP contribution in [0.15, 0.2) is 66.3 Å². The highest BCUT2D eigenvalue weighted by molar-refractivity contribution is 6.05. The summed E-state index contributed by atoms with van der Waals surface area (Å²) < 4.78 is 0. The summed E-state index contributed by atoms with van der Waals surface area (Å²) in [5.41, 5.74) is 4.52. The number of nitrogens with one attached hydrogen (secondary N) is 2. The number of aliphatic hydroxyl groups excluding tert-OH is 1. The molecule has 0 saturated heterocycles. The molecule has 1 unspecified atom stereocenters. The zero-order chi connectivity index (χ0) is 21.7. The van der Waals surface area contributed by atoms with Crippen LogP contribution in [0, 0.1) is 6.92 Å². The second-order valence-electron chi connectivity index (χ2n) is 7.53. The van der Waals surface area contributed by atoms with Gasteiger partial charge in [-0.25, -0.2) is 0 Å². The maximum atomic E-state index is 12.6. The van der Waals surface area contributed by atoms with Crippen LogP contribution in [0.5, 0.6) is 0 Å². The van der Waals surface area contributed by atoms with Crippen molar-refractivity contribution in [1.29, 1.82) is 0 Å². The number of carbonyl (C=O) groups excluding carboxylic acids is 2. The lowest BCUT2D eigenvalue weighted by Gasteiger charge is -2.15. The van der Waals surface area contributed by atoms with Gasteiger partial charge in [0.1, 0.15) is 0 Å². The van der Waals surface area contributed by atoms with E-state index in [1.165, 1.54) is 0 Å². The van der Waals surface area contributed by atoms with Gasteiger partial charge in [-0.1, -0.05) is 30.4 Å². The topological polar surface area (TPSA) is 81.7 Å². The summed E-state index contributed by atoms with van der Waals surface area (Å²) in [7, 11) is 3.86. The number of hydrogen-bond acceptors (Lipinski definition) is 5. The van der Waals surface area contributed by atoms with Crippen molar-refractivity contribution in [3.05, 3.63) is 77.4 Å². The van der Waals surface area contributed by atoms with Crippen LogP contribution in [0.2, 0.25) is 0 Å². The average molecular weight is 405 g/mol. The highest BCUT2D eigenvalue weighted by Crippen LogP contribution is 2.22. The Morgan fingerprint density at radius 1 is 1.17 bits per heavy atom. The van der Waals surface area contributed by atoms with Gasteiger partial charge in [0, 0.05) is 42.3 Å². The Labute approximate surface area is 176 Å². The van der Waals surface area contributed by atoms with Crippen molar-refractivity contribution in [2.45, 2.75) is 19.4 Å². The highest BCUT2D eigenvalue weighted by Gasteiger charge is 2.13. The molecule has 1 atom stereocenters. The van der Waals surface area contributed by atoms with Crippen molar-refractivity contribution in [1.82, 2.24) is 0 Å². The number of hydrogen-bond donors (Lipinski definition) is 3. The first-order valence-electron chi connectivity index (χ1n) is 9.86. The molecule has 156 valence electrons. The zero-order valence-corrected chi connectivity index (χ0v) is 17.5. The zero-order valence-electron chi connectivity index (χ0n) is 17.5. The number of nitrogens with zero attached hydrogens (tertiary/aromatic N) is 1. The van der Waals surface area contributed by atoms with Crippen LogP contribution in [0.1, 0.15) is 22.3 Å². The molecule has 0 radical (unpaired) electrons. The minimum Gasteiger partial charge on any atom is -0.389 e. The van der Waals surface area contributed by atoms with E-state index in [-0.39, 0.29) is 18.2 Å². The van der Waals surface area contributed by atoms with Crippen molar-refractivity contribution in [2.75, 3.05) is 36.2 Å². The summed E-state index contributed by atoms with van der Waals surface area (Å²) in [4.78, 5) is 27.0. The molecule has 30 heavy (non-hydrogen) atoms. The SMILES string of the molecule is Cc1ccc(NC(=O)c2cccc(N(C)C)c2)cc1NCC(=O)C1=CCC(O)C=C1. The molecule has 1 aliphatic rings. The summed E-state index contributed by atoms with van der Waals surface area (Å²) in [5.74, 6) is -0.242. The minimum atomic E-state index is -0.518. The van der Waals surface area contributed by atoms with Gasteiger partial charge in [0.25, 0.3) is 5.91 Å². The van der Waals surface area contributed by atoms with E-state index in [1.807, 2.05) is 62.3 Å². The summed E-state index contributed by atoms with van der Waals surface area (Å²) in [6.45, 7) is 2.07. The molecule has 0 aromatic heterocycles. The van der Waals surface area contributed by atoms with Crippen molar-refractivity contribution in [3.63, 3.8) is 0 Å². The van der Waals surface area contributed by atoms with Crippen LogP contribution in [0.25, 0.3) is 0 Å². The first-order valence-corrected chi connectivity index (χ1v) is 9.86. The predicted molar refractivity (Wildman–Crippen MR) is 121 cm³/mol. The lowest BCUT2D eigenvalue weighted by Crippen LogP contribution is -2.18. The number of ketones is 1. The number of benzene rings is 2. The second kappa shape index (κ2) is 9.41. The summed E-state index contributed by atoms with van der Waals surface area (Å²) in [6.07, 6.45) is 4.96. The Morgan fingerprint density at radius 3 is 2.67 bits per heavy atom. The molecule has 6 nitrogen and oxygen atoms in total. The van der Waals surface area contributed by atoms with Gasteiger partial charge in [-0.05, 0) is 49.2 Å². The molecular weight excluding hydrogens is 378 g/mol. The normalized spacial score (nSPS) is 15.3. The summed E-state index contributed by atoms with van der Waals surface area (Å²) in [5, 5.41) is 15.6. The van der Waals surface area contributed by atoms with Gasteiger partial charge >= 0.3 is 0 Å². The minimum absolute atomic E-state index is 0.0486. The van der Waals surface area contributed by atoms with E-state index in [0.717, 1.165) is 16.9 Å². The van der Waals surface area contributed by atoms with Gasteiger partial charge in [-0.3, -0.25) is 9.59 Å². The van der Waals surface area contributed by atoms with E-state index in [9.17, 15) is 14.7 Å². The van der Waals surface area contributed by atoms with Crippen molar-refractivity contribution >= 4 is 28.8 Å². The van der Waals surface area contributed by atoms with Gasteiger partial charge in [-0.15, -0.1) is 0 Å². The van der Waals surface area contributed by atoms with Gasteiger partial charge in [0.2, 0.25) is 0 Å². The fourth-order valence-electron chi connectivity index (χ4n) is 3.11. The standard InChI is InChI=1S/C24H27N3O3/c1-16-7-10-19(26-24(30)18-5-4-6-20(13-18)27(2)3)14-22(16)25-15-23(29)17-8-11-21(28)12-9-17/h4-11,13-14,21,25,28H,12,15H2,1-3H3,(H,26,30). The lowest BCUT2D eigenvalue weighted by atomic mass is 10.0. The second-order valence-corrected chi connectivity index (χ2v) is 7.53. The van der Waals surface area contributed by atoms with Crippen molar-refractivity contribution < 1.29 is 14.7 Å². The molecule has 1 amide bonds. The maximum absolute atomic E-state index is 12.6. The number of carbonyl (C=O) groups is 2. The third-order valence-corrected chi connectivity index (χ3v) is 4.96. The molecule has 0 spiro atoms. The lowest BCUT2D eigenvalue weighted by molar-refractivity contribution is -0.113. The van der Waals surface area contributed by atoms with Crippen LogP contribution < -0.4 is 15.5 Å². The monoisotopic (exact) mass is 405 g/mol. The molecule has 0 fully saturated rings. The molecule has 6 heteroatoms. The Balaban J connectivity index is 1.66. The van der Waals surface area contributed by atoms with Crippen molar-refractivity contribution in [3.8, 4) is 0 Å². The number of rotatable bonds is 7. The average Bonchev–Trinajstić information content (AvgIpc) is 2.74. The number of aliphatic hydroxyl groups is 1. The quantitative estimate of drug-likeness (QED) is 0.656. The van der Waals surface area contributed by atoms with Crippen LogP contribution >= 0.6 is 0 Å². The van der Waals surface area contributed by atoms with Gasteiger partial charge < -0.3 is 20.6 Å². The molecule has 3 N–H and O–H groups in total. The third-order valence-electron chi connectivity index (χ3n) is 4.96. The fraction of sp³-hybridized carbons (Fsp3) is 0.250. The predicted octanol–water partition coefficient (Wildman–Crippen LogP) is 3.54. The first-order chi connectivity index (χ1) is 14.3. The van der Waals surface area contributed by atoms with Crippen LogP contribution in [-0.2, 0) is 4.79 Å². The highest BCUT2D eigenvalue weighted by atomic mass is 16.3. The molecule has 3 rings (SSSR count). The Bertz CT molecular complexity index is 1010. The maximum Gasteiger partial charge on any atom is 0.255 e. The van der Waals surface area contributed by atoms with Crippen molar-refractivity contribution in [2.24, 2.45) is 0 Å². The number of aryl methyl sites for hydroxylation is 1. The fourth-order valence-corrected chi connectivity index (χ4v) is 3.11. The summed E-state index contributed by atoms with van der Waals surface area (Å²) >= 11 is 0. The van der Waals surface area contributed by atoms with E-state index in [2.05, 4.69) is 10.6 Å². The van der Waals surface area contributed by atoms with Crippen LogP contribution in [-0.4, -0.2) is 43.5 Å². The van der Waals surface area contributed by atoms with E-state index >= 15 is 0 Å². The Hall–Kier alpha value is -3.38. The molecular formula is C24H27N3O3. The molecule has 2 aromatic carbocycles. The first kappa shape index (κ1) is 21.3. The molecule has 0 aliphatic heterocycles. The Morgan fingerprint density at radius 2 is 1.97 bits per heavy atom. The van der Waals surface area contributed by atoms with Gasteiger partial charge in [-0.2, -0.15) is 0 Å². The molecule has 0 heterocycles.